The maximum absolute atomic E-state index is 13.0. The lowest BCUT2D eigenvalue weighted by Gasteiger charge is -2.27. The van der Waals surface area contributed by atoms with Crippen LogP contribution in [0.3, 0.4) is 0 Å². The predicted molar refractivity (Wildman–Crippen MR) is 90.0 cm³/mol. The second-order valence-electron chi connectivity index (χ2n) is 6.51. The number of benzene rings is 1. The molecule has 1 N–H and O–H groups in total. The number of rotatable bonds is 4. The highest BCUT2D eigenvalue weighted by Gasteiger charge is 2.34. The summed E-state index contributed by atoms with van der Waals surface area (Å²) in [4.78, 5) is 19.0. The van der Waals surface area contributed by atoms with E-state index in [4.69, 9.17) is 4.74 Å². The van der Waals surface area contributed by atoms with Crippen molar-refractivity contribution >= 4 is 5.91 Å². The fourth-order valence-electron chi connectivity index (χ4n) is 3.48. The van der Waals surface area contributed by atoms with Gasteiger partial charge in [0.15, 0.2) is 0 Å². The molecule has 0 radical (unpaired) electrons. The van der Waals surface area contributed by atoms with E-state index >= 15 is 0 Å². The van der Waals surface area contributed by atoms with Crippen LogP contribution in [0.1, 0.15) is 29.3 Å². The van der Waals surface area contributed by atoms with Crippen molar-refractivity contribution < 1.29 is 13.9 Å². The van der Waals surface area contributed by atoms with Crippen molar-refractivity contribution in [3.63, 3.8) is 0 Å². The number of nitrogens with zero attached hydrogens (tertiary/aromatic N) is 2. The Morgan fingerprint density at radius 2 is 2.08 bits per heavy atom. The zero-order valence-electron chi connectivity index (χ0n) is 13.8. The number of aromatic nitrogens is 1. The number of nitrogens with one attached hydrogen (secondary N) is 1. The summed E-state index contributed by atoms with van der Waals surface area (Å²) in [5.74, 6) is -0.188. The molecule has 4 rings (SSSR count). The van der Waals surface area contributed by atoms with Gasteiger partial charge in [-0.1, -0.05) is 18.2 Å². The summed E-state index contributed by atoms with van der Waals surface area (Å²) in [6.45, 7) is 2.28. The van der Waals surface area contributed by atoms with Crippen molar-refractivity contribution in [3.05, 3.63) is 65.2 Å². The summed E-state index contributed by atoms with van der Waals surface area (Å²) < 4.78 is 18.6. The zero-order valence-corrected chi connectivity index (χ0v) is 13.8. The minimum atomic E-state index is -0.264. The average Bonchev–Trinajstić information content (AvgIpc) is 2.97. The molecule has 2 atom stereocenters. The first-order valence-corrected chi connectivity index (χ1v) is 8.51. The summed E-state index contributed by atoms with van der Waals surface area (Å²) in [7, 11) is 0. The molecule has 130 valence electrons. The summed E-state index contributed by atoms with van der Waals surface area (Å²) in [5, 5.41) is 3.41. The molecule has 1 saturated heterocycles. The van der Waals surface area contributed by atoms with Crippen LogP contribution in [0, 0.1) is 5.82 Å². The van der Waals surface area contributed by atoms with Gasteiger partial charge in [-0.25, -0.2) is 4.39 Å². The van der Waals surface area contributed by atoms with E-state index in [9.17, 15) is 9.18 Å². The fraction of sp³-hybridized carbons (Fsp3) is 0.368. The van der Waals surface area contributed by atoms with E-state index in [0.29, 0.717) is 26.3 Å². The standard InChI is InChI=1S/C19H20FN3O2/c20-15-5-3-13(4-6-15)10-23-9-7-16(19(23)24)22-17-12-25-11-14-2-1-8-21-18(14)17/h1-6,8,16-17,22H,7,9-12H2. The predicted octanol–water partition coefficient (Wildman–Crippen LogP) is 2.18. The first kappa shape index (κ1) is 16.2. The van der Waals surface area contributed by atoms with Crippen LogP contribution in [0.2, 0.25) is 0 Å². The Bertz CT molecular complexity index is 766. The first-order chi connectivity index (χ1) is 12.2. The molecule has 6 heteroatoms. The molecule has 2 aliphatic rings. The van der Waals surface area contributed by atoms with Crippen LogP contribution in [-0.2, 0) is 22.7 Å². The second-order valence-corrected chi connectivity index (χ2v) is 6.51. The molecule has 2 aliphatic heterocycles. The third-order valence-electron chi connectivity index (χ3n) is 4.78. The average molecular weight is 341 g/mol. The molecule has 1 aromatic heterocycles. The van der Waals surface area contributed by atoms with Crippen LogP contribution < -0.4 is 5.32 Å². The van der Waals surface area contributed by atoms with Crippen LogP contribution in [-0.4, -0.2) is 35.0 Å². The lowest BCUT2D eigenvalue weighted by Crippen LogP contribution is -2.42. The van der Waals surface area contributed by atoms with Crippen molar-refractivity contribution in [2.24, 2.45) is 0 Å². The Balaban J connectivity index is 1.42. The fourth-order valence-corrected chi connectivity index (χ4v) is 3.48. The summed E-state index contributed by atoms with van der Waals surface area (Å²) in [5.41, 5.74) is 2.97. The number of amides is 1. The van der Waals surface area contributed by atoms with Gasteiger partial charge in [0.2, 0.25) is 5.91 Å². The zero-order chi connectivity index (χ0) is 17.2. The minimum Gasteiger partial charge on any atom is -0.375 e. The number of carbonyl (C=O) groups is 1. The lowest BCUT2D eigenvalue weighted by atomic mass is 10.0. The third kappa shape index (κ3) is 3.41. The van der Waals surface area contributed by atoms with Gasteiger partial charge in [-0.2, -0.15) is 0 Å². The van der Waals surface area contributed by atoms with Gasteiger partial charge >= 0.3 is 0 Å². The van der Waals surface area contributed by atoms with Gasteiger partial charge in [0.05, 0.1) is 31.0 Å². The molecule has 0 saturated carbocycles. The van der Waals surface area contributed by atoms with E-state index in [0.717, 1.165) is 23.2 Å². The molecule has 3 heterocycles. The molecule has 0 aliphatic carbocycles. The topological polar surface area (TPSA) is 54.5 Å². The number of halogens is 1. The quantitative estimate of drug-likeness (QED) is 0.926. The first-order valence-electron chi connectivity index (χ1n) is 8.51. The number of carbonyl (C=O) groups excluding carboxylic acids is 1. The van der Waals surface area contributed by atoms with Crippen molar-refractivity contribution in [3.8, 4) is 0 Å². The molecule has 1 aromatic carbocycles. The highest BCUT2D eigenvalue weighted by atomic mass is 19.1. The molecule has 1 amide bonds. The molecular formula is C19H20FN3O2. The Morgan fingerprint density at radius 3 is 2.92 bits per heavy atom. The van der Waals surface area contributed by atoms with Crippen LogP contribution in [0.15, 0.2) is 42.6 Å². The van der Waals surface area contributed by atoms with Crippen molar-refractivity contribution in [2.45, 2.75) is 31.7 Å². The molecule has 2 unspecified atom stereocenters. The van der Waals surface area contributed by atoms with Gasteiger partial charge in [0, 0.05) is 24.8 Å². The number of hydrogen-bond acceptors (Lipinski definition) is 4. The van der Waals surface area contributed by atoms with Gasteiger partial charge < -0.3 is 9.64 Å². The Morgan fingerprint density at radius 1 is 1.24 bits per heavy atom. The Labute approximate surface area is 145 Å². The SMILES string of the molecule is O=C1C(NC2COCc3cccnc32)CCN1Cc1ccc(F)cc1. The number of fused-ring (bicyclic) bond motifs is 1. The number of ether oxygens (including phenoxy) is 1. The second kappa shape index (κ2) is 6.90. The molecule has 1 fully saturated rings. The van der Waals surface area contributed by atoms with E-state index in [1.807, 2.05) is 17.0 Å². The maximum Gasteiger partial charge on any atom is 0.240 e. The van der Waals surface area contributed by atoms with Crippen molar-refractivity contribution in [1.29, 1.82) is 0 Å². The smallest absolute Gasteiger partial charge is 0.240 e. The monoisotopic (exact) mass is 341 g/mol. The molecule has 5 nitrogen and oxygen atoms in total. The minimum absolute atomic E-state index is 0.0651. The van der Waals surface area contributed by atoms with Crippen LogP contribution in [0.25, 0.3) is 0 Å². The van der Waals surface area contributed by atoms with E-state index < -0.39 is 0 Å². The highest BCUT2D eigenvalue weighted by molar-refractivity contribution is 5.84. The number of pyridine rings is 1. The van der Waals surface area contributed by atoms with Gasteiger partial charge in [-0.15, -0.1) is 0 Å². The van der Waals surface area contributed by atoms with Crippen LogP contribution in [0.5, 0.6) is 0 Å². The van der Waals surface area contributed by atoms with Gasteiger partial charge in [-0.05, 0) is 30.2 Å². The molecule has 0 spiro atoms. The molecule has 25 heavy (non-hydrogen) atoms. The van der Waals surface area contributed by atoms with Crippen LogP contribution in [0.4, 0.5) is 4.39 Å². The molecule has 0 bridgehead atoms. The summed E-state index contributed by atoms with van der Waals surface area (Å²) >= 11 is 0. The van der Waals surface area contributed by atoms with E-state index in [2.05, 4.69) is 10.3 Å². The molecule has 2 aromatic rings. The number of hydrogen-bond donors (Lipinski definition) is 1. The Kier molecular flexibility index (Phi) is 4.46. The van der Waals surface area contributed by atoms with E-state index in [1.54, 1.807) is 18.3 Å². The van der Waals surface area contributed by atoms with E-state index in [1.165, 1.54) is 12.1 Å². The van der Waals surface area contributed by atoms with Gasteiger partial charge in [0.25, 0.3) is 0 Å². The summed E-state index contributed by atoms with van der Waals surface area (Å²) in [6.07, 6.45) is 2.52. The normalized spacial score (nSPS) is 22.9. The van der Waals surface area contributed by atoms with Gasteiger partial charge in [0.1, 0.15) is 5.82 Å². The summed E-state index contributed by atoms with van der Waals surface area (Å²) in [6, 6.07) is 9.90. The van der Waals surface area contributed by atoms with Crippen molar-refractivity contribution in [1.82, 2.24) is 15.2 Å². The van der Waals surface area contributed by atoms with E-state index in [-0.39, 0.29) is 23.8 Å². The maximum atomic E-state index is 13.0. The third-order valence-corrected chi connectivity index (χ3v) is 4.78. The van der Waals surface area contributed by atoms with Crippen LogP contribution >= 0.6 is 0 Å². The Hall–Kier alpha value is -2.31. The largest absolute Gasteiger partial charge is 0.375 e. The van der Waals surface area contributed by atoms with Crippen molar-refractivity contribution in [2.75, 3.05) is 13.2 Å². The lowest BCUT2D eigenvalue weighted by molar-refractivity contribution is -0.130. The highest BCUT2D eigenvalue weighted by Crippen LogP contribution is 2.25. The van der Waals surface area contributed by atoms with Gasteiger partial charge in [-0.3, -0.25) is 15.1 Å². The molecular weight excluding hydrogens is 321 g/mol. The number of likely N-dealkylation sites (tertiary alicyclic amines) is 1.